The Kier molecular flexibility index (Phi) is 3.51. The summed E-state index contributed by atoms with van der Waals surface area (Å²) in [5, 5.41) is 4.62. The lowest BCUT2D eigenvalue weighted by atomic mass is 10.1. The number of H-pyrrole nitrogens is 1. The van der Waals surface area contributed by atoms with E-state index >= 15 is 0 Å². The van der Waals surface area contributed by atoms with E-state index in [4.69, 9.17) is 0 Å². The third-order valence-corrected chi connectivity index (χ3v) is 5.07. The molecule has 0 bridgehead atoms. The van der Waals surface area contributed by atoms with Crippen molar-refractivity contribution in [1.82, 2.24) is 19.9 Å². The van der Waals surface area contributed by atoms with Gasteiger partial charge in [-0.25, -0.2) is 9.97 Å². The SMILES string of the molecule is c1nc(NCC2CCN(C3CCCC3)C2)c2cc[nH]c2n1. The fourth-order valence-corrected chi connectivity index (χ4v) is 3.88. The summed E-state index contributed by atoms with van der Waals surface area (Å²) in [4.78, 5) is 14.5. The van der Waals surface area contributed by atoms with Gasteiger partial charge in [-0.05, 0) is 37.8 Å². The number of rotatable bonds is 4. The minimum absolute atomic E-state index is 0.745. The van der Waals surface area contributed by atoms with Gasteiger partial charge in [0, 0.05) is 25.3 Å². The van der Waals surface area contributed by atoms with Crippen molar-refractivity contribution in [3.05, 3.63) is 18.6 Å². The van der Waals surface area contributed by atoms with Crippen LogP contribution in [-0.4, -0.2) is 45.5 Å². The Bertz CT molecular complexity index is 601. The molecule has 1 aliphatic carbocycles. The molecule has 112 valence electrons. The molecule has 1 saturated carbocycles. The highest BCUT2D eigenvalue weighted by atomic mass is 15.2. The van der Waals surface area contributed by atoms with Crippen LogP contribution < -0.4 is 5.32 Å². The maximum absolute atomic E-state index is 4.38. The van der Waals surface area contributed by atoms with Gasteiger partial charge in [0.25, 0.3) is 0 Å². The second-order valence-electron chi connectivity index (χ2n) is 6.43. The molecule has 2 fully saturated rings. The van der Waals surface area contributed by atoms with Gasteiger partial charge in [-0.3, -0.25) is 0 Å². The average Bonchev–Trinajstić information content (AvgIpc) is 3.23. The van der Waals surface area contributed by atoms with E-state index in [1.807, 2.05) is 12.3 Å². The molecular formula is C16H23N5. The van der Waals surface area contributed by atoms with Gasteiger partial charge in [-0.15, -0.1) is 0 Å². The van der Waals surface area contributed by atoms with E-state index < -0.39 is 0 Å². The normalized spacial score (nSPS) is 24.1. The molecule has 2 aromatic rings. The second kappa shape index (κ2) is 5.64. The van der Waals surface area contributed by atoms with E-state index in [0.29, 0.717) is 0 Å². The first-order chi connectivity index (χ1) is 10.4. The molecule has 0 spiro atoms. The maximum Gasteiger partial charge on any atom is 0.142 e. The van der Waals surface area contributed by atoms with Crippen LogP contribution in [0.5, 0.6) is 0 Å². The number of hydrogen-bond acceptors (Lipinski definition) is 4. The maximum atomic E-state index is 4.38. The fourth-order valence-electron chi connectivity index (χ4n) is 3.88. The summed E-state index contributed by atoms with van der Waals surface area (Å²) < 4.78 is 0. The molecule has 1 saturated heterocycles. The Labute approximate surface area is 125 Å². The zero-order valence-corrected chi connectivity index (χ0v) is 12.4. The number of nitrogens with zero attached hydrogens (tertiary/aromatic N) is 3. The topological polar surface area (TPSA) is 56.8 Å². The molecule has 0 aromatic carbocycles. The summed E-state index contributed by atoms with van der Waals surface area (Å²) in [6.07, 6.45) is 10.5. The highest BCUT2D eigenvalue weighted by Gasteiger charge is 2.29. The van der Waals surface area contributed by atoms with Crippen molar-refractivity contribution in [2.75, 3.05) is 25.0 Å². The van der Waals surface area contributed by atoms with Crippen molar-refractivity contribution >= 4 is 16.9 Å². The van der Waals surface area contributed by atoms with E-state index in [9.17, 15) is 0 Å². The quantitative estimate of drug-likeness (QED) is 0.906. The average molecular weight is 285 g/mol. The van der Waals surface area contributed by atoms with Gasteiger partial charge in [0.05, 0.1) is 5.39 Å². The van der Waals surface area contributed by atoms with E-state index in [1.165, 1.54) is 45.2 Å². The van der Waals surface area contributed by atoms with Crippen LogP contribution >= 0.6 is 0 Å². The predicted octanol–water partition coefficient (Wildman–Crippen LogP) is 2.63. The van der Waals surface area contributed by atoms with Gasteiger partial charge in [-0.1, -0.05) is 12.8 Å². The molecule has 0 radical (unpaired) electrons. The van der Waals surface area contributed by atoms with Crippen LogP contribution in [-0.2, 0) is 0 Å². The van der Waals surface area contributed by atoms with Gasteiger partial charge >= 0.3 is 0 Å². The zero-order valence-electron chi connectivity index (χ0n) is 12.4. The van der Waals surface area contributed by atoms with Gasteiger partial charge in [0.15, 0.2) is 0 Å². The molecule has 5 nitrogen and oxygen atoms in total. The standard InChI is InChI=1S/C16H23N5/c1-2-4-13(3-1)21-8-6-12(10-21)9-18-16-14-5-7-17-15(14)19-11-20-16/h5,7,11-13H,1-4,6,8-10H2,(H2,17,18,19,20). The number of nitrogens with one attached hydrogen (secondary N) is 2. The summed E-state index contributed by atoms with van der Waals surface area (Å²) in [7, 11) is 0. The highest BCUT2D eigenvalue weighted by Crippen LogP contribution is 2.28. The molecule has 5 heteroatoms. The number of hydrogen-bond donors (Lipinski definition) is 2. The first kappa shape index (κ1) is 13.1. The van der Waals surface area contributed by atoms with Crippen LogP contribution in [0.15, 0.2) is 18.6 Å². The molecule has 4 rings (SSSR count). The van der Waals surface area contributed by atoms with Crippen molar-refractivity contribution in [3.8, 4) is 0 Å². The molecule has 1 unspecified atom stereocenters. The lowest BCUT2D eigenvalue weighted by Gasteiger charge is -2.23. The van der Waals surface area contributed by atoms with Crippen LogP contribution in [0.3, 0.4) is 0 Å². The summed E-state index contributed by atoms with van der Waals surface area (Å²) in [6.45, 7) is 3.54. The summed E-state index contributed by atoms with van der Waals surface area (Å²) in [6, 6.07) is 2.90. The van der Waals surface area contributed by atoms with Gasteiger partial charge < -0.3 is 15.2 Å². The molecule has 1 aliphatic heterocycles. The number of aromatic amines is 1. The Morgan fingerprint density at radius 3 is 3.05 bits per heavy atom. The Morgan fingerprint density at radius 1 is 1.24 bits per heavy atom. The van der Waals surface area contributed by atoms with Crippen molar-refractivity contribution < 1.29 is 0 Å². The minimum atomic E-state index is 0.745. The van der Waals surface area contributed by atoms with Crippen LogP contribution in [0.2, 0.25) is 0 Å². The smallest absolute Gasteiger partial charge is 0.142 e. The van der Waals surface area contributed by atoms with Crippen LogP contribution in [0.25, 0.3) is 11.0 Å². The van der Waals surface area contributed by atoms with Gasteiger partial charge in [0.1, 0.15) is 17.8 Å². The van der Waals surface area contributed by atoms with Crippen LogP contribution in [0.4, 0.5) is 5.82 Å². The van der Waals surface area contributed by atoms with E-state index in [1.54, 1.807) is 6.33 Å². The van der Waals surface area contributed by atoms with Crippen molar-refractivity contribution in [2.24, 2.45) is 5.92 Å². The van der Waals surface area contributed by atoms with Crippen molar-refractivity contribution in [1.29, 1.82) is 0 Å². The summed E-state index contributed by atoms with van der Waals surface area (Å²) in [5.74, 6) is 1.70. The van der Waals surface area contributed by atoms with Gasteiger partial charge in [0.2, 0.25) is 0 Å². The van der Waals surface area contributed by atoms with Crippen molar-refractivity contribution in [2.45, 2.75) is 38.1 Å². The number of fused-ring (bicyclic) bond motifs is 1. The van der Waals surface area contributed by atoms with E-state index in [0.717, 1.165) is 35.4 Å². The Morgan fingerprint density at radius 2 is 2.14 bits per heavy atom. The summed E-state index contributed by atoms with van der Waals surface area (Å²) in [5.41, 5.74) is 0.909. The first-order valence-corrected chi connectivity index (χ1v) is 8.16. The number of anilines is 1. The number of aromatic nitrogens is 3. The predicted molar refractivity (Wildman–Crippen MR) is 84.3 cm³/mol. The largest absolute Gasteiger partial charge is 0.369 e. The molecular weight excluding hydrogens is 262 g/mol. The lowest BCUT2D eigenvalue weighted by Crippen LogP contribution is -2.31. The highest BCUT2D eigenvalue weighted by molar-refractivity contribution is 5.86. The lowest BCUT2D eigenvalue weighted by molar-refractivity contribution is 0.238. The van der Waals surface area contributed by atoms with E-state index in [2.05, 4.69) is 25.2 Å². The number of likely N-dealkylation sites (tertiary alicyclic amines) is 1. The van der Waals surface area contributed by atoms with E-state index in [-0.39, 0.29) is 0 Å². The molecule has 3 heterocycles. The third kappa shape index (κ3) is 2.62. The molecule has 1 atom stereocenters. The zero-order chi connectivity index (χ0) is 14.1. The monoisotopic (exact) mass is 285 g/mol. The Hall–Kier alpha value is -1.62. The third-order valence-electron chi connectivity index (χ3n) is 5.07. The first-order valence-electron chi connectivity index (χ1n) is 8.16. The van der Waals surface area contributed by atoms with Crippen LogP contribution in [0.1, 0.15) is 32.1 Å². The minimum Gasteiger partial charge on any atom is -0.369 e. The molecule has 0 amide bonds. The molecule has 2 aromatic heterocycles. The molecule has 2 aliphatic rings. The molecule has 2 N–H and O–H groups in total. The van der Waals surface area contributed by atoms with Crippen molar-refractivity contribution in [3.63, 3.8) is 0 Å². The second-order valence-corrected chi connectivity index (χ2v) is 6.43. The van der Waals surface area contributed by atoms with Gasteiger partial charge in [-0.2, -0.15) is 0 Å². The van der Waals surface area contributed by atoms with Crippen LogP contribution in [0, 0.1) is 5.92 Å². The fraction of sp³-hybridized carbons (Fsp3) is 0.625. The Balaban J connectivity index is 1.36. The molecule has 21 heavy (non-hydrogen) atoms. The summed E-state index contributed by atoms with van der Waals surface area (Å²) >= 11 is 0.